The molecular weight excluding hydrogens is 290 g/mol. The van der Waals surface area contributed by atoms with E-state index in [2.05, 4.69) is 34.5 Å². The van der Waals surface area contributed by atoms with Crippen LogP contribution in [0.5, 0.6) is 0 Å². The number of aromatic amines is 1. The SMILES string of the molecule is O=C(CCc1cn[nH]c1)N1CCOC(CCc2ccccc2)C1. The normalized spacial score (nSPS) is 18.1. The molecular formula is C18H23N3O2. The second-order valence-electron chi connectivity index (χ2n) is 5.96. The number of carbonyl (C=O) groups excluding carboxylic acids is 1. The van der Waals surface area contributed by atoms with Gasteiger partial charge in [0.1, 0.15) is 0 Å². The van der Waals surface area contributed by atoms with E-state index in [9.17, 15) is 4.79 Å². The van der Waals surface area contributed by atoms with Crippen molar-refractivity contribution >= 4 is 5.91 Å². The monoisotopic (exact) mass is 313 g/mol. The number of nitrogens with one attached hydrogen (secondary N) is 1. The fraction of sp³-hybridized carbons (Fsp3) is 0.444. The third-order valence-corrected chi connectivity index (χ3v) is 4.27. The van der Waals surface area contributed by atoms with Crippen LogP contribution in [0.3, 0.4) is 0 Å². The average Bonchev–Trinajstić information content (AvgIpc) is 3.12. The number of hydrogen-bond acceptors (Lipinski definition) is 3. The summed E-state index contributed by atoms with van der Waals surface area (Å²) in [5.41, 5.74) is 2.40. The van der Waals surface area contributed by atoms with Crippen molar-refractivity contribution in [2.75, 3.05) is 19.7 Å². The highest BCUT2D eigenvalue weighted by atomic mass is 16.5. The maximum atomic E-state index is 12.4. The van der Waals surface area contributed by atoms with Gasteiger partial charge in [-0.2, -0.15) is 5.10 Å². The number of benzene rings is 1. The molecule has 0 bridgehead atoms. The number of hydrogen-bond donors (Lipinski definition) is 1. The van der Waals surface area contributed by atoms with Gasteiger partial charge in [0.15, 0.2) is 0 Å². The maximum absolute atomic E-state index is 12.4. The van der Waals surface area contributed by atoms with E-state index >= 15 is 0 Å². The molecule has 0 spiro atoms. The van der Waals surface area contributed by atoms with Gasteiger partial charge in [-0.1, -0.05) is 30.3 Å². The molecule has 1 saturated heterocycles. The Morgan fingerprint density at radius 1 is 1.26 bits per heavy atom. The summed E-state index contributed by atoms with van der Waals surface area (Å²) in [6.45, 7) is 2.04. The van der Waals surface area contributed by atoms with Crippen LogP contribution in [0.25, 0.3) is 0 Å². The number of morpholine rings is 1. The highest BCUT2D eigenvalue weighted by Gasteiger charge is 2.23. The van der Waals surface area contributed by atoms with Crippen molar-refractivity contribution in [3.63, 3.8) is 0 Å². The molecule has 0 radical (unpaired) electrons. The highest BCUT2D eigenvalue weighted by Crippen LogP contribution is 2.14. The number of rotatable bonds is 6. The Morgan fingerprint density at radius 3 is 2.91 bits per heavy atom. The van der Waals surface area contributed by atoms with Gasteiger partial charge in [0, 0.05) is 25.7 Å². The molecule has 122 valence electrons. The van der Waals surface area contributed by atoms with E-state index in [4.69, 9.17) is 4.74 Å². The molecule has 1 aromatic carbocycles. The summed E-state index contributed by atoms with van der Waals surface area (Å²) in [6, 6.07) is 10.4. The predicted octanol–water partition coefficient (Wildman–Crippen LogP) is 2.20. The van der Waals surface area contributed by atoms with Crippen LogP contribution in [-0.2, 0) is 22.4 Å². The first kappa shape index (κ1) is 15.7. The molecule has 23 heavy (non-hydrogen) atoms. The zero-order valence-electron chi connectivity index (χ0n) is 13.3. The maximum Gasteiger partial charge on any atom is 0.223 e. The summed E-state index contributed by atoms with van der Waals surface area (Å²) in [5, 5.41) is 6.69. The van der Waals surface area contributed by atoms with Crippen molar-refractivity contribution in [3.05, 3.63) is 53.9 Å². The molecule has 5 heteroatoms. The minimum Gasteiger partial charge on any atom is -0.375 e. The first-order valence-electron chi connectivity index (χ1n) is 8.22. The molecule has 0 aliphatic carbocycles. The van der Waals surface area contributed by atoms with Crippen LogP contribution < -0.4 is 0 Å². The third-order valence-electron chi connectivity index (χ3n) is 4.27. The first-order valence-corrected chi connectivity index (χ1v) is 8.22. The number of aryl methyl sites for hydroxylation is 2. The van der Waals surface area contributed by atoms with Crippen LogP contribution in [0.4, 0.5) is 0 Å². The van der Waals surface area contributed by atoms with Crippen molar-refractivity contribution in [3.8, 4) is 0 Å². The second-order valence-corrected chi connectivity index (χ2v) is 5.96. The molecule has 2 heterocycles. The van der Waals surface area contributed by atoms with E-state index in [0.717, 1.165) is 24.8 Å². The molecule has 3 rings (SSSR count). The molecule has 1 aliphatic rings. The van der Waals surface area contributed by atoms with Crippen LogP contribution in [0.15, 0.2) is 42.7 Å². The zero-order chi connectivity index (χ0) is 15.9. The molecule has 5 nitrogen and oxygen atoms in total. The fourth-order valence-electron chi connectivity index (χ4n) is 2.92. The Bertz CT molecular complexity index is 598. The Hall–Kier alpha value is -2.14. The zero-order valence-corrected chi connectivity index (χ0v) is 13.3. The number of amides is 1. The molecule has 2 aromatic rings. The van der Waals surface area contributed by atoms with E-state index < -0.39 is 0 Å². The first-order chi connectivity index (χ1) is 11.3. The number of carbonyl (C=O) groups is 1. The number of ether oxygens (including phenoxy) is 1. The van der Waals surface area contributed by atoms with Crippen LogP contribution in [0.2, 0.25) is 0 Å². The second kappa shape index (κ2) is 7.92. The molecule has 1 N–H and O–H groups in total. The molecule has 1 unspecified atom stereocenters. The van der Waals surface area contributed by atoms with Gasteiger partial charge in [-0.25, -0.2) is 0 Å². The van der Waals surface area contributed by atoms with Crippen LogP contribution in [0, 0.1) is 0 Å². The summed E-state index contributed by atoms with van der Waals surface area (Å²) >= 11 is 0. The average molecular weight is 313 g/mol. The van der Waals surface area contributed by atoms with Gasteiger partial charge in [0.2, 0.25) is 5.91 Å². The molecule has 1 aromatic heterocycles. The lowest BCUT2D eigenvalue weighted by atomic mass is 10.1. The Morgan fingerprint density at radius 2 is 2.13 bits per heavy atom. The van der Waals surface area contributed by atoms with E-state index in [-0.39, 0.29) is 12.0 Å². The predicted molar refractivity (Wildman–Crippen MR) is 88.0 cm³/mol. The molecule has 1 fully saturated rings. The van der Waals surface area contributed by atoms with Crippen molar-refractivity contribution in [2.45, 2.75) is 31.8 Å². The van der Waals surface area contributed by atoms with Crippen LogP contribution >= 0.6 is 0 Å². The smallest absolute Gasteiger partial charge is 0.223 e. The van der Waals surface area contributed by atoms with Gasteiger partial charge in [-0.15, -0.1) is 0 Å². The quantitative estimate of drug-likeness (QED) is 0.889. The van der Waals surface area contributed by atoms with Gasteiger partial charge in [-0.05, 0) is 30.4 Å². The van der Waals surface area contributed by atoms with Crippen LogP contribution in [-0.4, -0.2) is 46.8 Å². The topological polar surface area (TPSA) is 58.2 Å². The van der Waals surface area contributed by atoms with Gasteiger partial charge in [-0.3, -0.25) is 9.89 Å². The van der Waals surface area contributed by atoms with Crippen molar-refractivity contribution < 1.29 is 9.53 Å². The van der Waals surface area contributed by atoms with E-state index in [0.29, 0.717) is 26.1 Å². The van der Waals surface area contributed by atoms with E-state index in [1.54, 1.807) is 6.20 Å². The Labute approximate surface area is 136 Å². The van der Waals surface area contributed by atoms with Crippen molar-refractivity contribution in [1.82, 2.24) is 15.1 Å². The summed E-state index contributed by atoms with van der Waals surface area (Å²) in [6.07, 6.45) is 6.97. The minimum atomic E-state index is 0.141. The van der Waals surface area contributed by atoms with Crippen molar-refractivity contribution in [1.29, 1.82) is 0 Å². The van der Waals surface area contributed by atoms with Gasteiger partial charge in [0.05, 0.1) is 18.9 Å². The van der Waals surface area contributed by atoms with E-state index in [1.807, 2.05) is 17.2 Å². The summed E-state index contributed by atoms with van der Waals surface area (Å²) < 4.78 is 5.82. The Kier molecular flexibility index (Phi) is 5.42. The largest absolute Gasteiger partial charge is 0.375 e. The van der Waals surface area contributed by atoms with Gasteiger partial charge in [0.25, 0.3) is 0 Å². The number of H-pyrrole nitrogens is 1. The third kappa shape index (κ3) is 4.66. The van der Waals surface area contributed by atoms with Gasteiger partial charge < -0.3 is 9.64 Å². The lowest BCUT2D eigenvalue weighted by Gasteiger charge is -2.33. The molecule has 1 atom stereocenters. The number of nitrogens with zero attached hydrogens (tertiary/aromatic N) is 2. The minimum absolute atomic E-state index is 0.141. The molecule has 1 amide bonds. The Balaban J connectivity index is 1.44. The van der Waals surface area contributed by atoms with Crippen LogP contribution in [0.1, 0.15) is 24.0 Å². The van der Waals surface area contributed by atoms with Crippen molar-refractivity contribution in [2.24, 2.45) is 0 Å². The summed E-state index contributed by atoms with van der Waals surface area (Å²) in [5.74, 6) is 0.208. The molecule has 1 aliphatic heterocycles. The number of aromatic nitrogens is 2. The fourth-order valence-corrected chi connectivity index (χ4v) is 2.92. The summed E-state index contributed by atoms with van der Waals surface area (Å²) in [7, 11) is 0. The lowest BCUT2D eigenvalue weighted by Crippen LogP contribution is -2.45. The molecule has 0 saturated carbocycles. The summed E-state index contributed by atoms with van der Waals surface area (Å²) in [4.78, 5) is 14.3. The lowest BCUT2D eigenvalue weighted by molar-refractivity contribution is -0.138. The highest BCUT2D eigenvalue weighted by molar-refractivity contribution is 5.76. The van der Waals surface area contributed by atoms with E-state index in [1.165, 1.54) is 5.56 Å². The standard InChI is InChI=1S/C18H23N3O2/c22-18(9-7-16-12-19-20-13-16)21-10-11-23-17(14-21)8-6-15-4-2-1-3-5-15/h1-5,12-13,17H,6-11,14H2,(H,19,20). The van der Waals surface area contributed by atoms with Gasteiger partial charge >= 0.3 is 0 Å².